The van der Waals surface area contributed by atoms with Crippen molar-refractivity contribution in [2.24, 2.45) is 0 Å². The van der Waals surface area contributed by atoms with Gasteiger partial charge in [-0.25, -0.2) is 4.39 Å². The smallest absolute Gasteiger partial charge is 0.123 e. The Hall–Kier alpha value is -1.48. The summed E-state index contributed by atoms with van der Waals surface area (Å²) in [4.78, 5) is 1.27. The first-order chi connectivity index (χ1) is 9.22. The van der Waals surface area contributed by atoms with E-state index in [-0.39, 0.29) is 11.2 Å². The van der Waals surface area contributed by atoms with E-state index < -0.39 is 0 Å². The van der Waals surface area contributed by atoms with Crippen molar-refractivity contribution in [2.45, 2.75) is 26.1 Å². The molecule has 1 aliphatic heterocycles. The highest BCUT2D eigenvalue weighted by molar-refractivity contribution is 8.03. The molecular formula is C16H18FNS. The second kappa shape index (κ2) is 6.11. The molecule has 0 saturated carbocycles. The number of thioether (sulfide) groups is 1. The molecule has 0 spiro atoms. The summed E-state index contributed by atoms with van der Waals surface area (Å²) in [7, 11) is 0. The zero-order valence-electron chi connectivity index (χ0n) is 11.4. The van der Waals surface area contributed by atoms with Crippen LogP contribution in [-0.4, -0.2) is 0 Å². The van der Waals surface area contributed by atoms with Crippen molar-refractivity contribution < 1.29 is 4.39 Å². The van der Waals surface area contributed by atoms with Gasteiger partial charge in [0.25, 0.3) is 0 Å². The van der Waals surface area contributed by atoms with Crippen LogP contribution < -0.4 is 5.32 Å². The molecule has 19 heavy (non-hydrogen) atoms. The Balaban J connectivity index is 0.000000637. The Morgan fingerprint density at radius 3 is 2.47 bits per heavy atom. The summed E-state index contributed by atoms with van der Waals surface area (Å²) in [5.41, 5.74) is 1.18. The summed E-state index contributed by atoms with van der Waals surface area (Å²) in [5.74, 6) is -0.184. The SMILES string of the molecule is CC.CC1=CNC(c2ccc3ccc(F)cc3c2)S1. The van der Waals surface area contributed by atoms with Gasteiger partial charge in [0.2, 0.25) is 0 Å². The Kier molecular flexibility index (Phi) is 4.48. The topological polar surface area (TPSA) is 12.0 Å². The monoisotopic (exact) mass is 275 g/mol. The molecule has 3 heteroatoms. The lowest BCUT2D eigenvalue weighted by molar-refractivity contribution is 0.629. The lowest BCUT2D eigenvalue weighted by Gasteiger charge is -2.11. The first kappa shape index (κ1) is 13.9. The van der Waals surface area contributed by atoms with Gasteiger partial charge in [0.05, 0.1) is 0 Å². The molecule has 0 aromatic heterocycles. The van der Waals surface area contributed by atoms with Crippen LogP contribution in [0.4, 0.5) is 4.39 Å². The summed E-state index contributed by atoms with van der Waals surface area (Å²) in [6, 6.07) is 11.1. The number of hydrogen-bond donors (Lipinski definition) is 1. The van der Waals surface area contributed by atoms with Crippen LogP contribution >= 0.6 is 11.8 Å². The predicted octanol–water partition coefficient (Wildman–Crippen LogP) is 5.20. The molecule has 0 fully saturated rings. The average molecular weight is 275 g/mol. The number of rotatable bonds is 1. The third-order valence-electron chi connectivity index (χ3n) is 2.87. The summed E-state index contributed by atoms with van der Waals surface area (Å²) in [6.45, 7) is 6.08. The predicted molar refractivity (Wildman–Crippen MR) is 82.5 cm³/mol. The molecule has 0 amide bonds. The van der Waals surface area contributed by atoms with Gasteiger partial charge < -0.3 is 5.32 Å². The molecule has 3 rings (SSSR count). The second-order valence-corrected chi connectivity index (χ2v) is 5.52. The highest BCUT2D eigenvalue weighted by Gasteiger charge is 2.16. The number of hydrogen-bond acceptors (Lipinski definition) is 2. The van der Waals surface area contributed by atoms with Gasteiger partial charge in [-0.05, 0) is 46.4 Å². The molecule has 1 nitrogen and oxygen atoms in total. The van der Waals surface area contributed by atoms with Gasteiger partial charge in [0.1, 0.15) is 11.2 Å². The molecule has 1 N–H and O–H groups in total. The van der Waals surface area contributed by atoms with E-state index in [0.717, 1.165) is 10.8 Å². The van der Waals surface area contributed by atoms with Gasteiger partial charge in [0, 0.05) is 6.20 Å². The molecule has 1 heterocycles. The van der Waals surface area contributed by atoms with Crippen LogP contribution in [0.15, 0.2) is 47.5 Å². The van der Waals surface area contributed by atoms with Crippen LogP contribution in [0.1, 0.15) is 31.7 Å². The van der Waals surface area contributed by atoms with E-state index in [2.05, 4.69) is 24.4 Å². The molecular weight excluding hydrogens is 257 g/mol. The van der Waals surface area contributed by atoms with E-state index >= 15 is 0 Å². The summed E-state index contributed by atoms with van der Waals surface area (Å²) in [6.07, 6.45) is 2.02. The number of nitrogens with one attached hydrogen (secondary N) is 1. The molecule has 0 radical (unpaired) electrons. The zero-order chi connectivity index (χ0) is 13.8. The maximum atomic E-state index is 13.2. The number of allylic oxidation sites excluding steroid dienone is 1. The van der Waals surface area contributed by atoms with Crippen molar-refractivity contribution in [2.75, 3.05) is 0 Å². The van der Waals surface area contributed by atoms with E-state index in [1.54, 1.807) is 17.8 Å². The second-order valence-electron chi connectivity index (χ2n) is 4.17. The lowest BCUT2D eigenvalue weighted by atomic mass is 10.1. The fourth-order valence-electron chi connectivity index (χ4n) is 2.01. The molecule has 2 aromatic rings. The summed E-state index contributed by atoms with van der Waals surface area (Å²) in [5, 5.41) is 5.59. The molecule has 1 atom stereocenters. The van der Waals surface area contributed by atoms with E-state index in [4.69, 9.17) is 0 Å². The Labute approximate surface area is 117 Å². The van der Waals surface area contributed by atoms with E-state index in [1.807, 2.05) is 32.2 Å². The minimum Gasteiger partial charge on any atom is -0.375 e. The van der Waals surface area contributed by atoms with Crippen LogP contribution in [-0.2, 0) is 0 Å². The van der Waals surface area contributed by atoms with E-state index in [0.29, 0.717) is 0 Å². The molecule has 1 aliphatic rings. The molecule has 0 saturated heterocycles. The minimum absolute atomic E-state index is 0.184. The van der Waals surface area contributed by atoms with Gasteiger partial charge in [-0.2, -0.15) is 0 Å². The standard InChI is InChI=1S/C14H12FNS.C2H6/c1-9-8-16-14(17-9)11-3-2-10-4-5-13(15)7-12(10)6-11;1-2/h2-8,14,16H,1H3;1-2H3. The van der Waals surface area contributed by atoms with Crippen molar-refractivity contribution in [3.05, 3.63) is 58.9 Å². The largest absolute Gasteiger partial charge is 0.375 e. The number of fused-ring (bicyclic) bond motifs is 1. The Morgan fingerprint density at radius 1 is 1.05 bits per heavy atom. The maximum absolute atomic E-state index is 13.2. The fourth-order valence-corrected chi connectivity index (χ4v) is 2.94. The van der Waals surface area contributed by atoms with Gasteiger partial charge in [0.15, 0.2) is 0 Å². The van der Waals surface area contributed by atoms with Crippen LogP contribution in [0.5, 0.6) is 0 Å². The van der Waals surface area contributed by atoms with Crippen LogP contribution in [0, 0.1) is 5.82 Å². The Bertz CT molecular complexity index is 607. The summed E-state index contributed by atoms with van der Waals surface area (Å²) < 4.78 is 13.2. The number of halogens is 1. The first-order valence-corrected chi connectivity index (χ1v) is 7.39. The van der Waals surface area contributed by atoms with Crippen LogP contribution in [0.2, 0.25) is 0 Å². The van der Waals surface area contributed by atoms with Gasteiger partial charge >= 0.3 is 0 Å². The quantitative estimate of drug-likeness (QED) is 0.767. The third kappa shape index (κ3) is 3.10. The zero-order valence-corrected chi connectivity index (χ0v) is 12.2. The van der Waals surface area contributed by atoms with E-state index in [1.165, 1.54) is 16.5 Å². The van der Waals surface area contributed by atoms with Crippen LogP contribution in [0.25, 0.3) is 10.8 Å². The van der Waals surface area contributed by atoms with Gasteiger partial charge in [-0.1, -0.05) is 43.8 Å². The molecule has 2 aromatic carbocycles. The lowest BCUT2D eigenvalue weighted by Crippen LogP contribution is -2.06. The minimum atomic E-state index is -0.184. The molecule has 1 unspecified atom stereocenters. The normalized spacial score (nSPS) is 17.5. The Morgan fingerprint density at radius 2 is 1.79 bits per heavy atom. The molecule has 100 valence electrons. The van der Waals surface area contributed by atoms with Crippen molar-refractivity contribution in [1.82, 2.24) is 5.32 Å². The summed E-state index contributed by atoms with van der Waals surface area (Å²) >= 11 is 1.79. The van der Waals surface area contributed by atoms with Gasteiger partial charge in [-0.15, -0.1) is 0 Å². The first-order valence-electron chi connectivity index (χ1n) is 6.51. The van der Waals surface area contributed by atoms with Crippen molar-refractivity contribution >= 4 is 22.5 Å². The maximum Gasteiger partial charge on any atom is 0.123 e. The van der Waals surface area contributed by atoms with Crippen molar-refractivity contribution in [3.63, 3.8) is 0 Å². The fraction of sp³-hybridized carbons (Fsp3) is 0.250. The average Bonchev–Trinajstić information content (AvgIpc) is 2.87. The molecule has 0 aliphatic carbocycles. The van der Waals surface area contributed by atoms with Gasteiger partial charge in [-0.3, -0.25) is 0 Å². The number of benzene rings is 2. The van der Waals surface area contributed by atoms with Crippen molar-refractivity contribution in [1.29, 1.82) is 0 Å². The van der Waals surface area contributed by atoms with Crippen LogP contribution in [0.3, 0.4) is 0 Å². The van der Waals surface area contributed by atoms with Crippen molar-refractivity contribution in [3.8, 4) is 0 Å². The highest BCUT2D eigenvalue weighted by atomic mass is 32.2. The highest BCUT2D eigenvalue weighted by Crippen LogP contribution is 2.37. The van der Waals surface area contributed by atoms with E-state index in [9.17, 15) is 4.39 Å². The molecule has 0 bridgehead atoms. The third-order valence-corrected chi connectivity index (χ3v) is 4.00.